The molecule has 0 aliphatic carbocycles. The lowest BCUT2D eigenvalue weighted by Crippen LogP contribution is -2.06. The van der Waals surface area contributed by atoms with Gasteiger partial charge in [0.25, 0.3) is 0 Å². The van der Waals surface area contributed by atoms with E-state index in [-0.39, 0.29) is 13.3 Å². The Balaban J connectivity index is 0.00000169. The first-order chi connectivity index (χ1) is 6.04. The molecule has 0 radical (unpaired) electrons. The van der Waals surface area contributed by atoms with Crippen LogP contribution in [0.3, 0.4) is 0 Å². The van der Waals surface area contributed by atoms with E-state index in [1.54, 1.807) is 0 Å². The standard InChI is InChI=1S/C11H14O2.CH4/c1-7(2)9-6-4-5-8(3)10(9)11(12)13;/h4-7H,1-3H3,(H,12,13);1H4. The van der Waals surface area contributed by atoms with Crippen LogP contribution < -0.4 is 0 Å². The molecule has 14 heavy (non-hydrogen) atoms. The second kappa shape index (κ2) is 4.80. The van der Waals surface area contributed by atoms with Crippen molar-refractivity contribution in [1.82, 2.24) is 0 Å². The number of rotatable bonds is 2. The fourth-order valence-electron chi connectivity index (χ4n) is 1.46. The van der Waals surface area contributed by atoms with Crippen LogP contribution in [0.25, 0.3) is 0 Å². The molecule has 2 nitrogen and oxygen atoms in total. The van der Waals surface area contributed by atoms with Gasteiger partial charge in [0.05, 0.1) is 5.56 Å². The number of hydrogen-bond acceptors (Lipinski definition) is 1. The van der Waals surface area contributed by atoms with E-state index in [1.807, 2.05) is 39.0 Å². The number of hydrogen-bond donors (Lipinski definition) is 1. The second-order valence-electron chi connectivity index (χ2n) is 3.50. The molecule has 0 fully saturated rings. The van der Waals surface area contributed by atoms with Crippen LogP contribution in [0.2, 0.25) is 0 Å². The summed E-state index contributed by atoms with van der Waals surface area (Å²) in [6, 6.07) is 5.60. The number of carboxylic acid groups (broad SMARTS) is 1. The predicted octanol–water partition coefficient (Wildman–Crippen LogP) is 3.45. The predicted molar refractivity (Wildman–Crippen MR) is 59.0 cm³/mol. The van der Waals surface area contributed by atoms with Crippen molar-refractivity contribution in [2.24, 2.45) is 0 Å². The smallest absolute Gasteiger partial charge is 0.336 e. The van der Waals surface area contributed by atoms with Gasteiger partial charge in [-0.2, -0.15) is 0 Å². The summed E-state index contributed by atoms with van der Waals surface area (Å²) in [6.07, 6.45) is 0. The van der Waals surface area contributed by atoms with Crippen molar-refractivity contribution in [3.8, 4) is 0 Å². The molecule has 0 aliphatic rings. The van der Waals surface area contributed by atoms with E-state index >= 15 is 0 Å². The summed E-state index contributed by atoms with van der Waals surface area (Å²) >= 11 is 0. The third kappa shape index (κ3) is 2.34. The van der Waals surface area contributed by atoms with Crippen LogP contribution in [0, 0.1) is 6.92 Å². The summed E-state index contributed by atoms with van der Waals surface area (Å²) in [5, 5.41) is 9.00. The summed E-state index contributed by atoms with van der Waals surface area (Å²) in [5.41, 5.74) is 2.20. The Labute approximate surface area is 85.6 Å². The van der Waals surface area contributed by atoms with Crippen molar-refractivity contribution in [2.75, 3.05) is 0 Å². The molecule has 1 rings (SSSR count). The second-order valence-corrected chi connectivity index (χ2v) is 3.50. The molecule has 0 unspecified atom stereocenters. The quantitative estimate of drug-likeness (QED) is 0.782. The highest BCUT2D eigenvalue weighted by molar-refractivity contribution is 5.91. The maximum absolute atomic E-state index is 10.9. The number of aromatic carboxylic acids is 1. The number of aryl methyl sites for hydroxylation is 1. The van der Waals surface area contributed by atoms with Crippen molar-refractivity contribution < 1.29 is 9.90 Å². The van der Waals surface area contributed by atoms with Crippen LogP contribution >= 0.6 is 0 Å². The van der Waals surface area contributed by atoms with Gasteiger partial charge in [0, 0.05) is 0 Å². The molecular weight excluding hydrogens is 176 g/mol. The zero-order valence-electron chi connectivity index (χ0n) is 8.16. The van der Waals surface area contributed by atoms with Crippen LogP contribution in [0.4, 0.5) is 0 Å². The molecule has 0 saturated carbocycles. The molecule has 0 aromatic heterocycles. The number of carboxylic acids is 1. The molecule has 78 valence electrons. The highest BCUT2D eigenvalue weighted by atomic mass is 16.4. The SMILES string of the molecule is C.Cc1cccc(C(C)C)c1C(=O)O. The minimum atomic E-state index is -0.832. The number of carbonyl (C=O) groups is 1. The molecule has 0 saturated heterocycles. The molecule has 0 amide bonds. The summed E-state index contributed by atoms with van der Waals surface area (Å²) in [6.45, 7) is 5.83. The van der Waals surface area contributed by atoms with Crippen LogP contribution in [0.1, 0.15) is 48.7 Å². The molecule has 0 atom stereocenters. The van der Waals surface area contributed by atoms with Crippen LogP contribution in [-0.4, -0.2) is 11.1 Å². The van der Waals surface area contributed by atoms with Gasteiger partial charge in [-0.15, -0.1) is 0 Å². The third-order valence-corrected chi connectivity index (χ3v) is 2.14. The Morgan fingerprint density at radius 1 is 1.36 bits per heavy atom. The van der Waals surface area contributed by atoms with Crippen LogP contribution in [0.15, 0.2) is 18.2 Å². The van der Waals surface area contributed by atoms with Crippen molar-refractivity contribution in [3.63, 3.8) is 0 Å². The van der Waals surface area contributed by atoms with E-state index in [4.69, 9.17) is 5.11 Å². The van der Waals surface area contributed by atoms with Gasteiger partial charge >= 0.3 is 5.97 Å². The maximum atomic E-state index is 10.9. The zero-order valence-corrected chi connectivity index (χ0v) is 8.16. The van der Waals surface area contributed by atoms with Crippen LogP contribution in [0.5, 0.6) is 0 Å². The minimum absolute atomic E-state index is 0. The Morgan fingerprint density at radius 2 is 1.93 bits per heavy atom. The first-order valence-electron chi connectivity index (χ1n) is 4.37. The van der Waals surface area contributed by atoms with Gasteiger partial charge < -0.3 is 5.11 Å². The van der Waals surface area contributed by atoms with E-state index in [1.165, 1.54) is 0 Å². The monoisotopic (exact) mass is 194 g/mol. The van der Waals surface area contributed by atoms with Gasteiger partial charge in [0.2, 0.25) is 0 Å². The van der Waals surface area contributed by atoms with Gasteiger partial charge in [-0.3, -0.25) is 0 Å². The topological polar surface area (TPSA) is 37.3 Å². The lowest BCUT2D eigenvalue weighted by molar-refractivity contribution is 0.0694. The van der Waals surface area contributed by atoms with Gasteiger partial charge in [-0.05, 0) is 24.0 Å². The molecule has 1 aromatic rings. The molecular formula is C12H18O2. The Kier molecular flexibility index (Phi) is 4.35. The highest BCUT2D eigenvalue weighted by Crippen LogP contribution is 2.21. The largest absolute Gasteiger partial charge is 0.478 e. The van der Waals surface area contributed by atoms with Crippen molar-refractivity contribution in [1.29, 1.82) is 0 Å². The summed E-state index contributed by atoms with van der Waals surface area (Å²) in [5.74, 6) is -0.576. The molecule has 0 aliphatic heterocycles. The normalized spacial score (nSPS) is 9.71. The Hall–Kier alpha value is -1.31. The third-order valence-electron chi connectivity index (χ3n) is 2.14. The minimum Gasteiger partial charge on any atom is -0.478 e. The van der Waals surface area contributed by atoms with E-state index in [0.717, 1.165) is 11.1 Å². The van der Waals surface area contributed by atoms with Gasteiger partial charge in [0.15, 0.2) is 0 Å². The molecule has 1 aromatic carbocycles. The van der Waals surface area contributed by atoms with Gasteiger partial charge in [-0.1, -0.05) is 39.5 Å². The summed E-state index contributed by atoms with van der Waals surface area (Å²) in [7, 11) is 0. The fourth-order valence-corrected chi connectivity index (χ4v) is 1.46. The highest BCUT2D eigenvalue weighted by Gasteiger charge is 2.14. The first-order valence-corrected chi connectivity index (χ1v) is 4.37. The van der Waals surface area contributed by atoms with Crippen molar-refractivity contribution in [2.45, 2.75) is 34.1 Å². The summed E-state index contributed by atoms with van der Waals surface area (Å²) < 4.78 is 0. The van der Waals surface area contributed by atoms with E-state index < -0.39 is 5.97 Å². The van der Waals surface area contributed by atoms with Gasteiger partial charge in [0.1, 0.15) is 0 Å². The molecule has 2 heteroatoms. The maximum Gasteiger partial charge on any atom is 0.336 e. The van der Waals surface area contributed by atoms with E-state index in [2.05, 4.69) is 0 Å². The van der Waals surface area contributed by atoms with E-state index in [0.29, 0.717) is 5.56 Å². The average Bonchev–Trinajstić information content (AvgIpc) is 2.02. The number of benzene rings is 1. The molecule has 1 N–H and O–H groups in total. The Morgan fingerprint density at radius 3 is 2.29 bits per heavy atom. The molecule has 0 heterocycles. The average molecular weight is 194 g/mol. The van der Waals surface area contributed by atoms with Crippen molar-refractivity contribution in [3.05, 3.63) is 34.9 Å². The first kappa shape index (κ1) is 12.7. The van der Waals surface area contributed by atoms with Crippen molar-refractivity contribution >= 4 is 5.97 Å². The lowest BCUT2D eigenvalue weighted by Gasteiger charge is -2.11. The zero-order chi connectivity index (χ0) is 10.0. The summed E-state index contributed by atoms with van der Waals surface area (Å²) in [4.78, 5) is 10.9. The fraction of sp³-hybridized carbons (Fsp3) is 0.417. The Bertz CT molecular complexity index is 327. The lowest BCUT2D eigenvalue weighted by atomic mass is 9.94. The molecule has 0 bridgehead atoms. The van der Waals surface area contributed by atoms with Crippen LogP contribution in [-0.2, 0) is 0 Å². The molecule has 0 spiro atoms. The van der Waals surface area contributed by atoms with E-state index in [9.17, 15) is 4.79 Å². The van der Waals surface area contributed by atoms with Gasteiger partial charge in [-0.25, -0.2) is 4.79 Å².